The summed E-state index contributed by atoms with van der Waals surface area (Å²) in [6.07, 6.45) is 4.24. The Bertz CT molecular complexity index is 986. The van der Waals surface area contributed by atoms with Crippen molar-refractivity contribution in [2.24, 2.45) is 23.7 Å². The first kappa shape index (κ1) is 17.0. The zero-order valence-electron chi connectivity index (χ0n) is 15.8. The standard InChI is InChI=1S/C24H21NO3/c1-14(15-8-10-17(28-2)11-9-15)20-18-12-13-19(20)22-21(18)23(26)25(24(22)27)16-6-4-3-5-7-16/h3-13,18-19,21-22H,1-2H3/t18-,19+,21+,22-. The second-order valence-electron chi connectivity index (χ2n) is 7.64. The molecular weight excluding hydrogens is 350 g/mol. The van der Waals surface area contributed by atoms with Crippen molar-refractivity contribution in [3.05, 3.63) is 77.9 Å². The molecule has 0 N–H and O–H groups in total. The van der Waals surface area contributed by atoms with E-state index >= 15 is 0 Å². The summed E-state index contributed by atoms with van der Waals surface area (Å²) in [5, 5.41) is 0. The second-order valence-corrected chi connectivity index (χ2v) is 7.64. The molecule has 4 atom stereocenters. The molecule has 2 aliphatic carbocycles. The summed E-state index contributed by atoms with van der Waals surface area (Å²) in [6, 6.07) is 17.2. The lowest BCUT2D eigenvalue weighted by Gasteiger charge is -2.20. The van der Waals surface area contributed by atoms with E-state index in [4.69, 9.17) is 4.74 Å². The Morgan fingerprint density at radius 1 is 0.857 bits per heavy atom. The van der Waals surface area contributed by atoms with Crippen LogP contribution in [0.4, 0.5) is 5.69 Å². The fraction of sp³-hybridized carbons (Fsp3) is 0.250. The molecular formula is C24H21NO3. The SMILES string of the molecule is COc1ccc(C(C)=C2[C@H]3C=C[C@@H]2[C@H]2C(=O)N(c4ccccc4)C(=O)[C@H]23)cc1. The number of hydrogen-bond donors (Lipinski definition) is 0. The van der Waals surface area contributed by atoms with E-state index < -0.39 is 0 Å². The van der Waals surface area contributed by atoms with Crippen LogP contribution >= 0.6 is 0 Å². The maximum absolute atomic E-state index is 13.2. The minimum absolute atomic E-state index is 0.00210. The summed E-state index contributed by atoms with van der Waals surface area (Å²) in [5.74, 6) is 0.104. The quantitative estimate of drug-likeness (QED) is 0.603. The van der Waals surface area contributed by atoms with Gasteiger partial charge in [0.2, 0.25) is 11.8 Å². The number of hydrogen-bond acceptors (Lipinski definition) is 3. The fourth-order valence-corrected chi connectivity index (χ4v) is 5.10. The number of rotatable bonds is 3. The number of allylic oxidation sites excluding steroid dienone is 4. The molecule has 1 heterocycles. The molecule has 0 radical (unpaired) electrons. The van der Waals surface area contributed by atoms with Gasteiger partial charge in [-0.15, -0.1) is 0 Å². The number of carbonyl (C=O) groups is 2. The first-order valence-corrected chi connectivity index (χ1v) is 9.58. The van der Waals surface area contributed by atoms with Gasteiger partial charge in [-0.3, -0.25) is 9.59 Å². The molecule has 1 aliphatic heterocycles. The van der Waals surface area contributed by atoms with Crippen LogP contribution in [0.2, 0.25) is 0 Å². The Hall–Kier alpha value is -3.14. The number of anilines is 1. The van der Waals surface area contributed by atoms with E-state index in [9.17, 15) is 9.59 Å². The second kappa shape index (κ2) is 6.20. The van der Waals surface area contributed by atoms with Crippen molar-refractivity contribution in [2.45, 2.75) is 6.92 Å². The first-order valence-electron chi connectivity index (χ1n) is 9.58. The van der Waals surface area contributed by atoms with Crippen molar-refractivity contribution in [3.8, 4) is 5.75 Å². The molecule has 2 bridgehead atoms. The number of imide groups is 1. The van der Waals surface area contributed by atoms with Crippen molar-refractivity contribution in [1.29, 1.82) is 0 Å². The number of ether oxygens (including phenoxy) is 1. The van der Waals surface area contributed by atoms with E-state index in [1.807, 2.05) is 54.6 Å². The van der Waals surface area contributed by atoms with Crippen molar-refractivity contribution in [2.75, 3.05) is 12.0 Å². The number of carbonyl (C=O) groups excluding carboxylic acids is 2. The number of nitrogens with zero attached hydrogens (tertiary/aromatic N) is 1. The fourth-order valence-electron chi connectivity index (χ4n) is 5.10. The van der Waals surface area contributed by atoms with Crippen LogP contribution in [0.25, 0.3) is 5.57 Å². The molecule has 0 spiro atoms. The van der Waals surface area contributed by atoms with Gasteiger partial charge >= 0.3 is 0 Å². The van der Waals surface area contributed by atoms with Crippen LogP contribution in [0.15, 0.2) is 72.3 Å². The summed E-state index contributed by atoms with van der Waals surface area (Å²) in [4.78, 5) is 27.8. The predicted octanol–water partition coefficient (Wildman–Crippen LogP) is 4.09. The van der Waals surface area contributed by atoms with E-state index in [2.05, 4.69) is 19.1 Å². The highest BCUT2D eigenvalue weighted by atomic mass is 16.5. The van der Waals surface area contributed by atoms with Crippen LogP contribution in [0.3, 0.4) is 0 Å². The maximum atomic E-state index is 13.2. The van der Waals surface area contributed by atoms with Gasteiger partial charge in [0.05, 0.1) is 24.6 Å². The highest BCUT2D eigenvalue weighted by Gasteiger charge is 2.62. The third-order valence-corrected chi connectivity index (χ3v) is 6.39. The van der Waals surface area contributed by atoms with Gasteiger partial charge in [-0.05, 0) is 42.3 Å². The van der Waals surface area contributed by atoms with Gasteiger partial charge in [0.25, 0.3) is 0 Å². The first-order chi connectivity index (χ1) is 13.6. The Kier molecular flexibility index (Phi) is 3.76. The largest absolute Gasteiger partial charge is 0.497 e. The van der Waals surface area contributed by atoms with Gasteiger partial charge in [-0.1, -0.05) is 48.1 Å². The van der Waals surface area contributed by atoms with E-state index in [-0.39, 0.29) is 35.5 Å². The molecule has 1 saturated carbocycles. The number of para-hydroxylation sites is 1. The smallest absolute Gasteiger partial charge is 0.238 e. The molecule has 4 heteroatoms. The Balaban J connectivity index is 1.53. The molecule has 2 aromatic carbocycles. The van der Waals surface area contributed by atoms with E-state index in [1.54, 1.807) is 7.11 Å². The van der Waals surface area contributed by atoms with Crippen molar-refractivity contribution >= 4 is 23.1 Å². The number of fused-ring (bicyclic) bond motifs is 5. The zero-order valence-corrected chi connectivity index (χ0v) is 15.8. The van der Waals surface area contributed by atoms with Gasteiger partial charge in [-0.2, -0.15) is 0 Å². The Morgan fingerprint density at radius 3 is 1.96 bits per heavy atom. The topological polar surface area (TPSA) is 46.6 Å². The number of methoxy groups -OCH3 is 1. The van der Waals surface area contributed by atoms with Crippen LogP contribution in [0.1, 0.15) is 12.5 Å². The monoisotopic (exact) mass is 371 g/mol. The molecule has 4 nitrogen and oxygen atoms in total. The van der Waals surface area contributed by atoms with Crippen molar-refractivity contribution < 1.29 is 14.3 Å². The summed E-state index contributed by atoms with van der Waals surface area (Å²) in [7, 11) is 1.65. The average Bonchev–Trinajstić information content (AvgIpc) is 3.37. The predicted molar refractivity (Wildman–Crippen MR) is 108 cm³/mol. The normalized spacial score (nSPS) is 29.4. The van der Waals surface area contributed by atoms with Gasteiger partial charge in [-0.25, -0.2) is 4.90 Å². The van der Waals surface area contributed by atoms with Gasteiger partial charge < -0.3 is 4.74 Å². The molecule has 3 aliphatic rings. The zero-order chi connectivity index (χ0) is 19.4. The number of amides is 2. The van der Waals surface area contributed by atoms with E-state index in [0.29, 0.717) is 5.69 Å². The van der Waals surface area contributed by atoms with Gasteiger partial charge in [0.1, 0.15) is 5.75 Å². The maximum Gasteiger partial charge on any atom is 0.238 e. The molecule has 0 aromatic heterocycles. The Morgan fingerprint density at radius 2 is 1.43 bits per heavy atom. The lowest BCUT2D eigenvalue weighted by Crippen LogP contribution is -2.33. The van der Waals surface area contributed by atoms with Crippen LogP contribution in [0.5, 0.6) is 5.75 Å². The third kappa shape index (κ3) is 2.24. The van der Waals surface area contributed by atoms with Crippen LogP contribution in [-0.2, 0) is 9.59 Å². The van der Waals surface area contributed by atoms with E-state index in [1.165, 1.54) is 10.5 Å². The van der Waals surface area contributed by atoms with E-state index in [0.717, 1.165) is 16.9 Å². The highest BCUT2D eigenvalue weighted by molar-refractivity contribution is 6.23. The third-order valence-electron chi connectivity index (χ3n) is 6.39. The molecule has 140 valence electrons. The summed E-state index contributed by atoms with van der Waals surface area (Å²) < 4.78 is 5.25. The summed E-state index contributed by atoms with van der Waals surface area (Å²) >= 11 is 0. The van der Waals surface area contributed by atoms with Crippen LogP contribution in [-0.4, -0.2) is 18.9 Å². The van der Waals surface area contributed by atoms with Crippen LogP contribution in [0, 0.1) is 23.7 Å². The van der Waals surface area contributed by atoms with Gasteiger partial charge in [0.15, 0.2) is 0 Å². The Labute approximate surface area is 164 Å². The minimum atomic E-state index is -0.286. The molecule has 2 aromatic rings. The summed E-state index contributed by atoms with van der Waals surface area (Å²) in [5.41, 5.74) is 4.15. The van der Waals surface area contributed by atoms with Gasteiger partial charge in [0, 0.05) is 11.8 Å². The van der Waals surface area contributed by atoms with Crippen molar-refractivity contribution in [1.82, 2.24) is 0 Å². The molecule has 1 saturated heterocycles. The molecule has 2 fully saturated rings. The summed E-state index contributed by atoms with van der Waals surface area (Å²) in [6.45, 7) is 2.09. The number of benzene rings is 2. The van der Waals surface area contributed by atoms with Crippen molar-refractivity contribution in [3.63, 3.8) is 0 Å². The van der Waals surface area contributed by atoms with Crippen LogP contribution < -0.4 is 9.64 Å². The molecule has 2 amide bonds. The minimum Gasteiger partial charge on any atom is -0.497 e. The lowest BCUT2D eigenvalue weighted by molar-refractivity contribution is -0.122. The lowest BCUT2D eigenvalue weighted by atomic mass is 9.85. The molecule has 5 rings (SSSR count). The average molecular weight is 371 g/mol. The highest BCUT2D eigenvalue weighted by Crippen LogP contribution is 2.58. The molecule has 28 heavy (non-hydrogen) atoms. The molecule has 0 unspecified atom stereocenters.